The van der Waals surface area contributed by atoms with Crippen LogP contribution in [0.1, 0.15) is 56.4 Å². The van der Waals surface area contributed by atoms with Crippen molar-refractivity contribution in [3.8, 4) is 10.8 Å². The summed E-state index contributed by atoms with van der Waals surface area (Å²) in [6, 6.07) is 2.60. The number of thioether (sulfide) groups is 1. The maximum Gasteiger partial charge on any atom is 0.277 e. The van der Waals surface area contributed by atoms with Gasteiger partial charge in [0.1, 0.15) is 0 Å². The van der Waals surface area contributed by atoms with E-state index in [9.17, 15) is 4.79 Å². The summed E-state index contributed by atoms with van der Waals surface area (Å²) in [6.07, 6.45) is 8.05. The van der Waals surface area contributed by atoms with Crippen molar-refractivity contribution in [3.05, 3.63) is 16.5 Å². The van der Waals surface area contributed by atoms with Crippen molar-refractivity contribution in [2.24, 2.45) is 5.92 Å². The van der Waals surface area contributed by atoms with Gasteiger partial charge in [0.25, 0.3) is 11.1 Å². The number of aryl methyl sites for hydroxylation is 1. The van der Waals surface area contributed by atoms with Gasteiger partial charge in [0, 0.05) is 17.5 Å². The predicted molar refractivity (Wildman–Crippen MR) is 109 cm³/mol. The van der Waals surface area contributed by atoms with E-state index in [4.69, 9.17) is 4.42 Å². The highest BCUT2D eigenvalue weighted by molar-refractivity contribution is 7.99. The van der Waals surface area contributed by atoms with Gasteiger partial charge in [-0.15, -0.1) is 21.5 Å². The molecule has 0 N–H and O–H groups in total. The number of fused-ring (bicyclic) bond motifs is 1. The predicted octanol–water partition coefficient (Wildman–Crippen LogP) is 4.81. The van der Waals surface area contributed by atoms with Crippen LogP contribution < -0.4 is 0 Å². The fourth-order valence-corrected chi connectivity index (χ4v) is 5.92. The summed E-state index contributed by atoms with van der Waals surface area (Å²) in [7, 11) is 0. The number of carbonyl (C=O) groups excluding carboxylic acids is 1. The van der Waals surface area contributed by atoms with Crippen molar-refractivity contribution in [1.29, 1.82) is 0 Å². The second-order valence-corrected chi connectivity index (χ2v) is 9.78. The van der Waals surface area contributed by atoms with Crippen LogP contribution in [0.25, 0.3) is 10.8 Å². The molecule has 2 aromatic heterocycles. The van der Waals surface area contributed by atoms with Crippen LogP contribution in [-0.4, -0.2) is 39.3 Å². The third-order valence-electron chi connectivity index (χ3n) is 5.68. The summed E-state index contributed by atoms with van der Waals surface area (Å²) < 4.78 is 5.85. The van der Waals surface area contributed by atoms with Crippen molar-refractivity contribution < 1.29 is 9.21 Å². The number of amides is 1. The smallest absolute Gasteiger partial charge is 0.277 e. The summed E-state index contributed by atoms with van der Waals surface area (Å²) in [4.78, 5) is 17.2. The zero-order valence-electron chi connectivity index (χ0n) is 16.1. The number of hydrogen-bond donors (Lipinski definition) is 0. The molecule has 27 heavy (non-hydrogen) atoms. The number of thiophene rings is 1. The summed E-state index contributed by atoms with van der Waals surface area (Å²) in [5.41, 5.74) is 1.44. The lowest BCUT2D eigenvalue weighted by Gasteiger charge is -2.35. The molecule has 4 rings (SSSR count). The molecule has 2 atom stereocenters. The van der Waals surface area contributed by atoms with Crippen molar-refractivity contribution in [2.75, 3.05) is 12.3 Å². The Labute approximate surface area is 168 Å². The first kappa shape index (κ1) is 19.0. The molecule has 1 aliphatic heterocycles. The highest BCUT2D eigenvalue weighted by Crippen LogP contribution is 2.37. The quantitative estimate of drug-likeness (QED) is 0.668. The molecule has 0 bridgehead atoms. The van der Waals surface area contributed by atoms with Crippen molar-refractivity contribution in [3.63, 3.8) is 0 Å². The van der Waals surface area contributed by atoms with Gasteiger partial charge >= 0.3 is 0 Å². The Balaban J connectivity index is 1.38. The van der Waals surface area contributed by atoms with Crippen LogP contribution in [0.5, 0.6) is 0 Å². The summed E-state index contributed by atoms with van der Waals surface area (Å²) in [5.74, 6) is 1.89. The van der Waals surface area contributed by atoms with Gasteiger partial charge in [-0.05, 0) is 62.5 Å². The first-order valence-electron chi connectivity index (χ1n) is 10.0. The molecule has 0 aromatic carbocycles. The van der Waals surface area contributed by atoms with E-state index in [1.807, 2.05) is 4.90 Å². The number of likely N-dealkylation sites (tertiary alicyclic amines) is 1. The number of nitrogens with zero attached hydrogens (tertiary/aromatic N) is 3. The molecule has 2 aromatic rings. The van der Waals surface area contributed by atoms with Crippen LogP contribution in [0.2, 0.25) is 0 Å². The van der Waals surface area contributed by atoms with Gasteiger partial charge in [0.15, 0.2) is 0 Å². The fraction of sp³-hybridized carbons (Fsp3) is 0.650. The van der Waals surface area contributed by atoms with Crippen LogP contribution in [-0.2, 0) is 17.6 Å². The zero-order chi connectivity index (χ0) is 18.8. The lowest BCUT2D eigenvalue weighted by molar-refractivity contribution is -0.132. The van der Waals surface area contributed by atoms with E-state index in [2.05, 4.69) is 30.1 Å². The number of piperidine rings is 1. The maximum absolute atomic E-state index is 12.6. The Hall–Kier alpha value is -1.34. The third kappa shape index (κ3) is 4.24. The Morgan fingerprint density at radius 1 is 1.37 bits per heavy atom. The second kappa shape index (κ2) is 8.35. The van der Waals surface area contributed by atoms with E-state index in [1.54, 1.807) is 11.3 Å². The van der Waals surface area contributed by atoms with Crippen LogP contribution in [0.4, 0.5) is 0 Å². The largest absolute Gasteiger partial charge is 0.410 e. The van der Waals surface area contributed by atoms with Crippen molar-refractivity contribution in [1.82, 2.24) is 15.1 Å². The van der Waals surface area contributed by atoms with E-state index in [-0.39, 0.29) is 5.91 Å². The highest BCUT2D eigenvalue weighted by Gasteiger charge is 2.26. The lowest BCUT2D eigenvalue weighted by atomic mass is 9.90. The van der Waals surface area contributed by atoms with Crippen molar-refractivity contribution >= 4 is 29.0 Å². The normalized spacial score (nSPS) is 22.7. The molecule has 5 nitrogen and oxygen atoms in total. The SMILES string of the molecule is CC[C@@H]1CCCCN1C(=O)CSc1nnc(-c2cc3c(s2)CC[C@@H](C)C3)o1. The van der Waals surface area contributed by atoms with E-state index < -0.39 is 0 Å². The molecule has 1 saturated heterocycles. The molecule has 1 aliphatic carbocycles. The Bertz CT molecular complexity index is 801. The van der Waals surface area contributed by atoms with Crippen molar-refractivity contribution in [2.45, 2.75) is 70.1 Å². The first-order chi connectivity index (χ1) is 13.1. The molecule has 7 heteroatoms. The molecule has 146 valence electrons. The number of carbonyl (C=O) groups is 1. The topological polar surface area (TPSA) is 59.2 Å². The third-order valence-corrected chi connectivity index (χ3v) is 7.71. The van der Waals surface area contributed by atoms with Gasteiger partial charge in [-0.25, -0.2) is 0 Å². The van der Waals surface area contributed by atoms with Gasteiger partial charge < -0.3 is 9.32 Å². The molecule has 0 saturated carbocycles. The molecule has 1 amide bonds. The molecule has 0 spiro atoms. The molecular formula is C20H27N3O2S2. The van der Waals surface area contributed by atoms with Gasteiger partial charge in [0.05, 0.1) is 10.6 Å². The molecule has 1 fully saturated rings. The fourth-order valence-electron chi connectivity index (χ4n) is 4.14. The number of aromatic nitrogens is 2. The minimum atomic E-state index is 0.187. The van der Waals surface area contributed by atoms with Crippen LogP contribution in [0.3, 0.4) is 0 Å². The van der Waals surface area contributed by atoms with E-state index >= 15 is 0 Å². The average molecular weight is 406 g/mol. The summed E-state index contributed by atoms with van der Waals surface area (Å²) in [6.45, 7) is 5.35. The Kier molecular flexibility index (Phi) is 5.88. The monoisotopic (exact) mass is 405 g/mol. The average Bonchev–Trinajstić information content (AvgIpc) is 3.32. The van der Waals surface area contributed by atoms with E-state index in [1.165, 1.54) is 35.0 Å². The molecule has 3 heterocycles. The first-order valence-corrected chi connectivity index (χ1v) is 11.8. The standard InChI is InChI=1S/C20H27N3O2S2/c1-3-15-6-4-5-9-23(15)18(24)12-26-20-22-21-19(25-20)17-11-14-10-13(2)7-8-16(14)27-17/h11,13,15H,3-10,12H2,1-2H3/t13-,15-/m1/s1. The second-order valence-electron chi connectivity index (χ2n) is 7.71. The molecule has 0 radical (unpaired) electrons. The van der Waals surface area contributed by atoms with E-state index in [0.29, 0.717) is 22.9 Å². The maximum atomic E-state index is 12.6. The number of hydrogen-bond acceptors (Lipinski definition) is 6. The minimum absolute atomic E-state index is 0.187. The minimum Gasteiger partial charge on any atom is -0.410 e. The summed E-state index contributed by atoms with van der Waals surface area (Å²) in [5, 5.41) is 8.86. The molecule has 2 aliphatic rings. The van der Waals surface area contributed by atoms with Gasteiger partial charge in [-0.1, -0.05) is 25.6 Å². The zero-order valence-corrected chi connectivity index (χ0v) is 17.7. The number of rotatable bonds is 5. The van der Waals surface area contributed by atoms with Crippen LogP contribution in [0, 0.1) is 5.92 Å². The summed E-state index contributed by atoms with van der Waals surface area (Å²) >= 11 is 3.13. The van der Waals surface area contributed by atoms with Gasteiger partial charge in [-0.2, -0.15) is 0 Å². The van der Waals surface area contributed by atoms with Gasteiger partial charge in [0.2, 0.25) is 5.91 Å². The lowest BCUT2D eigenvalue weighted by Crippen LogP contribution is -2.44. The molecular weight excluding hydrogens is 378 g/mol. The Morgan fingerprint density at radius 3 is 3.11 bits per heavy atom. The van der Waals surface area contributed by atoms with Gasteiger partial charge in [-0.3, -0.25) is 4.79 Å². The van der Waals surface area contributed by atoms with Crippen LogP contribution >= 0.6 is 23.1 Å². The van der Waals surface area contributed by atoms with Crippen LogP contribution in [0.15, 0.2) is 15.7 Å². The highest BCUT2D eigenvalue weighted by atomic mass is 32.2. The molecule has 0 unspecified atom stereocenters. The Morgan fingerprint density at radius 2 is 2.26 bits per heavy atom. The van der Waals surface area contributed by atoms with E-state index in [0.717, 1.165) is 49.4 Å².